The number of primary amides is 1. The Bertz CT molecular complexity index is 598. The molecule has 23 heavy (non-hydrogen) atoms. The molecule has 7 heteroatoms. The van der Waals surface area contributed by atoms with Crippen LogP contribution >= 0.6 is 24.2 Å². The fraction of sp³-hybridized carbons (Fsp3) is 0.500. The Balaban J connectivity index is 0.00000192. The van der Waals surface area contributed by atoms with Crippen molar-refractivity contribution in [1.29, 1.82) is 0 Å². The lowest BCUT2D eigenvalue weighted by atomic mass is 9.98. The Morgan fingerprint density at radius 2 is 1.96 bits per heavy atom. The zero-order valence-corrected chi connectivity index (χ0v) is 14.4. The Morgan fingerprint density at radius 3 is 2.65 bits per heavy atom. The molecule has 3 unspecified atom stereocenters. The van der Waals surface area contributed by atoms with Crippen LogP contribution in [-0.4, -0.2) is 41.6 Å². The van der Waals surface area contributed by atoms with Crippen molar-refractivity contribution >= 4 is 36.0 Å². The summed E-state index contributed by atoms with van der Waals surface area (Å²) in [6.45, 7) is 1.55. The Morgan fingerprint density at radius 1 is 1.22 bits per heavy atom. The number of fused-ring (bicyclic) bond motifs is 1. The van der Waals surface area contributed by atoms with E-state index in [1.165, 1.54) is 11.8 Å². The van der Waals surface area contributed by atoms with E-state index >= 15 is 0 Å². The summed E-state index contributed by atoms with van der Waals surface area (Å²) >= 11 is 1.32. The Hall–Kier alpha value is -1.24. The number of likely N-dealkylation sites (tertiary alicyclic amines) is 1. The van der Waals surface area contributed by atoms with Gasteiger partial charge in [-0.25, -0.2) is 0 Å². The first-order valence-corrected chi connectivity index (χ1v) is 8.60. The summed E-state index contributed by atoms with van der Waals surface area (Å²) in [6, 6.07) is 7.63. The largest absolute Gasteiger partial charge is 0.369 e. The molecule has 1 aliphatic carbocycles. The van der Waals surface area contributed by atoms with Gasteiger partial charge in [-0.1, -0.05) is 12.1 Å². The van der Waals surface area contributed by atoms with Crippen molar-refractivity contribution in [1.82, 2.24) is 4.90 Å². The highest BCUT2D eigenvalue weighted by molar-refractivity contribution is 8.00. The molecule has 2 aliphatic rings. The van der Waals surface area contributed by atoms with Gasteiger partial charge in [0, 0.05) is 24.0 Å². The van der Waals surface area contributed by atoms with Crippen molar-refractivity contribution in [2.75, 3.05) is 18.8 Å². The summed E-state index contributed by atoms with van der Waals surface area (Å²) in [5.41, 5.74) is 12.0. The number of nitrogens with two attached hydrogens (primary N) is 2. The molecule has 1 aromatic rings. The number of hydrogen-bond acceptors (Lipinski definition) is 4. The second kappa shape index (κ2) is 7.55. The second-order valence-electron chi connectivity index (χ2n) is 6.13. The predicted molar refractivity (Wildman–Crippen MR) is 93.7 cm³/mol. The van der Waals surface area contributed by atoms with E-state index in [9.17, 15) is 9.59 Å². The van der Waals surface area contributed by atoms with Crippen LogP contribution in [0.2, 0.25) is 0 Å². The number of hydrogen-bond donors (Lipinski definition) is 2. The van der Waals surface area contributed by atoms with Gasteiger partial charge in [-0.15, -0.1) is 24.2 Å². The molecule has 126 valence electrons. The van der Waals surface area contributed by atoms with E-state index in [2.05, 4.69) is 0 Å². The van der Waals surface area contributed by atoms with Gasteiger partial charge in [-0.05, 0) is 36.8 Å². The first-order chi connectivity index (χ1) is 10.6. The maximum Gasteiger partial charge on any atom is 0.255 e. The fourth-order valence-corrected chi connectivity index (χ4v) is 4.35. The lowest BCUT2D eigenvalue weighted by Crippen LogP contribution is -2.33. The van der Waals surface area contributed by atoms with Crippen LogP contribution in [0.5, 0.6) is 0 Å². The smallest absolute Gasteiger partial charge is 0.255 e. The molecular formula is C16H22ClN3O2S. The third-order valence-electron chi connectivity index (χ3n) is 4.69. The molecule has 4 N–H and O–H groups in total. The summed E-state index contributed by atoms with van der Waals surface area (Å²) in [7, 11) is 0. The molecule has 0 spiro atoms. The van der Waals surface area contributed by atoms with E-state index in [0.717, 1.165) is 30.8 Å². The lowest BCUT2D eigenvalue weighted by Gasteiger charge is -2.20. The van der Waals surface area contributed by atoms with Gasteiger partial charge >= 0.3 is 0 Å². The van der Waals surface area contributed by atoms with E-state index in [-0.39, 0.29) is 36.0 Å². The summed E-state index contributed by atoms with van der Waals surface area (Å²) < 4.78 is 0. The first-order valence-electron chi connectivity index (χ1n) is 7.61. The molecule has 1 heterocycles. The highest BCUT2D eigenvalue weighted by Gasteiger charge is 2.42. The van der Waals surface area contributed by atoms with Crippen molar-refractivity contribution in [3.05, 3.63) is 29.8 Å². The standard InChI is InChI=1S/C16H21N3O2S.ClH/c17-13-6-5-10-7-19(8-12(10)13)16(21)11-3-1-2-4-14(11)22-9-15(18)20;/h1-4,10,12-13H,5-9,17H2,(H2,18,20);1H. The van der Waals surface area contributed by atoms with E-state index in [4.69, 9.17) is 11.5 Å². The van der Waals surface area contributed by atoms with Crippen LogP contribution in [0.4, 0.5) is 0 Å². The van der Waals surface area contributed by atoms with Crippen LogP contribution in [0.25, 0.3) is 0 Å². The van der Waals surface area contributed by atoms with Gasteiger partial charge in [-0.2, -0.15) is 0 Å². The number of carbonyl (C=O) groups is 2. The topological polar surface area (TPSA) is 89.4 Å². The van der Waals surface area contributed by atoms with E-state index in [1.54, 1.807) is 0 Å². The molecule has 2 fully saturated rings. The SMILES string of the molecule is Cl.NC(=O)CSc1ccccc1C(=O)N1CC2CCC(N)C2C1. The van der Waals surface area contributed by atoms with E-state index in [0.29, 0.717) is 17.4 Å². The van der Waals surface area contributed by atoms with Crippen LogP contribution in [0.3, 0.4) is 0 Å². The van der Waals surface area contributed by atoms with Crippen LogP contribution in [0, 0.1) is 11.8 Å². The van der Waals surface area contributed by atoms with Crippen LogP contribution in [0.1, 0.15) is 23.2 Å². The molecule has 1 aliphatic heterocycles. The highest BCUT2D eigenvalue weighted by atomic mass is 35.5. The summed E-state index contributed by atoms with van der Waals surface area (Å²) in [5, 5.41) is 0. The number of nitrogens with zero attached hydrogens (tertiary/aromatic N) is 1. The number of amides is 2. The number of carbonyl (C=O) groups excluding carboxylic acids is 2. The molecule has 1 saturated carbocycles. The van der Waals surface area contributed by atoms with Gasteiger partial charge in [0.25, 0.3) is 5.91 Å². The van der Waals surface area contributed by atoms with E-state index in [1.807, 2.05) is 29.2 Å². The minimum absolute atomic E-state index is 0. The molecule has 0 radical (unpaired) electrons. The summed E-state index contributed by atoms with van der Waals surface area (Å²) in [5.74, 6) is 0.822. The molecular weight excluding hydrogens is 334 g/mol. The van der Waals surface area contributed by atoms with Gasteiger partial charge in [0.15, 0.2) is 0 Å². The molecule has 5 nitrogen and oxygen atoms in total. The Labute approximate surface area is 146 Å². The van der Waals surface area contributed by atoms with Crippen molar-refractivity contribution in [2.24, 2.45) is 23.3 Å². The van der Waals surface area contributed by atoms with Crippen molar-refractivity contribution in [3.8, 4) is 0 Å². The predicted octanol–water partition coefficient (Wildman–Crippen LogP) is 1.50. The maximum absolute atomic E-state index is 12.8. The summed E-state index contributed by atoms with van der Waals surface area (Å²) in [4.78, 5) is 26.5. The van der Waals surface area contributed by atoms with E-state index < -0.39 is 0 Å². The van der Waals surface area contributed by atoms with Crippen LogP contribution in [0.15, 0.2) is 29.2 Å². The number of halogens is 1. The van der Waals surface area contributed by atoms with Crippen LogP contribution in [-0.2, 0) is 4.79 Å². The Kier molecular flexibility index (Phi) is 5.95. The quantitative estimate of drug-likeness (QED) is 0.801. The van der Waals surface area contributed by atoms with Gasteiger partial charge in [0.05, 0.1) is 11.3 Å². The molecule has 0 aromatic heterocycles. The lowest BCUT2D eigenvalue weighted by molar-refractivity contribution is -0.115. The molecule has 1 aromatic carbocycles. The third kappa shape index (κ3) is 3.82. The molecule has 0 bridgehead atoms. The number of benzene rings is 1. The highest BCUT2D eigenvalue weighted by Crippen LogP contribution is 2.38. The molecule has 3 rings (SSSR count). The van der Waals surface area contributed by atoms with Crippen molar-refractivity contribution < 1.29 is 9.59 Å². The van der Waals surface area contributed by atoms with Gasteiger partial charge < -0.3 is 16.4 Å². The monoisotopic (exact) mass is 355 g/mol. The number of thioether (sulfide) groups is 1. The molecule has 1 saturated heterocycles. The zero-order chi connectivity index (χ0) is 15.7. The maximum atomic E-state index is 12.8. The van der Waals surface area contributed by atoms with Gasteiger partial charge in [0.2, 0.25) is 5.91 Å². The zero-order valence-electron chi connectivity index (χ0n) is 12.8. The van der Waals surface area contributed by atoms with Gasteiger partial charge in [-0.3, -0.25) is 9.59 Å². The average molecular weight is 356 g/mol. The third-order valence-corrected chi connectivity index (χ3v) is 5.78. The summed E-state index contributed by atoms with van der Waals surface area (Å²) in [6.07, 6.45) is 2.19. The second-order valence-corrected chi connectivity index (χ2v) is 7.14. The minimum Gasteiger partial charge on any atom is -0.369 e. The van der Waals surface area contributed by atoms with Crippen molar-refractivity contribution in [3.63, 3.8) is 0 Å². The van der Waals surface area contributed by atoms with Crippen LogP contribution < -0.4 is 11.5 Å². The number of rotatable bonds is 4. The normalized spacial score (nSPS) is 25.8. The average Bonchev–Trinajstić information content (AvgIpc) is 3.07. The van der Waals surface area contributed by atoms with Gasteiger partial charge in [0.1, 0.15) is 0 Å². The first kappa shape index (κ1) is 18.1. The van der Waals surface area contributed by atoms with Crippen molar-refractivity contribution in [2.45, 2.75) is 23.8 Å². The molecule has 2 amide bonds. The minimum atomic E-state index is -0.381. The fourth-order valence-electron chi connectivity index (χ4n) is 3.56. The molecule has 3 atom stereocenters.